The van der Waals surface area contributed by atoms with Gasteiger partial charge in [-0.05, 0) is 25.0 Å². The first kappa shape index (κ1) is 15.9. The largest absolute Gasteiger partial charge is 0.397 e. The number of pyridine rings is 1. The Morgan fingerprint density at radius 1 is 1.47 bits per heavy atom. The molecule has 0 aromatic carbocycles. The van der Waals surface area contributed by atoms with Crippen LogP contribution in [0.25, 0.3) is 0 Å². The third-order valence-corrected chi connectivity index (χ3v) is 2.14. The summed E-state index contributed by atoms with van der Waals surface area (Å²) in [5.74, 6) is 0. The van der Waals surface area contributed by atoms with Crippen LogP contribution in [-0.4, -0.2) is 31.4 Å². The number of hydrogen-bond donors (Lipinski definition) is 1. The van der Waals surface area contributed by atoms with Gasteiger partial charge in [-0.3, -0.25) is 4.98 Å². The Labute approximate surface area is 104 Å². The topological polar surface area (TPSA) is 57.4 Å². The number of ether oxygens (including phenoxy) is 2. The van der Waals surface area contributed by atoms with E-state index in [4.69, 9.17) is 15.2 Å². The summed E-state index contributed by atoms with van der Waals surface area (Å²) in [7, 11) is 1.74. The number of methoxy groups -OCH3 is 1. The van der Waals surface area contributed by atoms with Crippen LogP contribution in [0.2, 0.25) is 0 Å². The molecule has 4 nitrogen and oxygen atoms in total. The van der Waals surface area contributed by atoms with Crippen LogP contribution < -0.4 is 5.73 Å². The first-order valence-corrected chi connectivity index (χ1v) is 6.09. The summed E-state index contributed by atoms with van der Waals surface area (Å²) < 4.78 is 10.2. The van der Waals surface area contributed by atoms with E-state index in [0.717, 1.165) is 26.1 Å². The fourth-order valence-electron chi connectivity index (χ4n) is 1.27. The Morgan fingerprint density at radius 2 is 2.24 bits per heavy atom. The summed E-state index contributed by atoms with van der Waals surface area (Å²) in [6.45, 7) is 5.70. The van der Waals surface area contributed by atoms with Gasteiger partial charge in [0.25, 0.3) is 0 Å². The molecule has 1 aliphatic heterocycles. The highest BCUT2D eigenvalue weighted by molar-refractivity contribution is 5.32. The molecule has 1 unspecified atom stereocenters. The van der Waals surface area contributed by atoms with Gasteiger partial charge < -0.3 is 15.2 Å². The minimum absolute atomic E-state index is 0.365. The average molecular weight is 240 g/mol. The van der Waals surface area contributed by atoms with Crippen molar-refractivity contribution in [2.45, 2.75) is 32.8 Å². The summed E-state index contributed by atoms with van der Waals surface area (Å²) in [4.78, 5) is 3.76. The molecule has 0 bridgehead atoms. The molecule has 2 heterocycles. The van der Waals surface area contributed by atoms with Gasteiger partial charge in [0, 0.05) is 26.1 Å². The molecule has 1 fully saturated rings. The molecule has 17 heavy (non-hydrogen) atoms. The lowest BCUT2D eigenvalue weighted by Crippen LogP contribution is -2.23. The Morgan fingerprint density at radius 3 is 2.53 bits per heavy atom. The van der Waals surface area contributed by atoms with Gasteiger partial charge in [-0.25, -0.2) is 0 Å². The zero-order chi connectivity index (χ0) is 12.9. The lowest BCUT2D eigenvalue weighted by atomic mass is 10.2. The lowest BCUT2D eigenvalue weighted by molar-refractivity contribution is -0.0291. The second-order valence-corrected chi connectivity index (χ2v) is 3.36. The molecule has 1 aliphatic rings. The predicted octanol–water partition coefficient (Wildman–Crippen LogP) is 2.50. The zero-order valence-corrected chi connectivity index (χ0v) is 11.1. The molecule has 1 saturated heterocycles. The van der Waals surface area contributed by atoms with Crippen molar-refractivity contribution in [2.75, 3.05) is 26.1 Å². The van der Waals surface area contributed by atoms with Gasteiger partial charge in [-0.1, -0.05) is 13.8 Å². The van der Waals surface area contributed by atoms with Gasteiger partial charge in [-0.2, -0.15) is 0 Å². The summed E-state index contributed by atoms with van der Waals surface area (Å²) in [6, 6.07) is 3.60. The molecule has 0 aliphatic carbocycles. The molecule has 98 valence electrons. The molecule has 0 radical (unpaired) electrons. The average Bonchev–Trinajstić information content (AvgIpc) is 2.43. The minimum atomic E-state index is 0.365. The molecule has 0 amide bonds. The quantitative estimate of drug-likeness (QED) is 0.819. The number of anilines is 1. The van der Waals surface area contributed by atoms with Crippen LogP contribution in [0.1, 0.15) is 26.7 Å². The molecule has 1 aromatic rings. The highest BCUT2D eigenvalue weighted by Crippen LogP contribution is 2.07. The Bertz CT molecular complexity index is 249. The van der Waals surface area contributed by atoms with Crippen LogP contribution in [-0.2, 0) is 9.47 Å². The molecule has 2 rings (SSSR count). The Balaban J connectivity index is 0.000000265. The van der Waals surface area contributed by atoms with Crippen molar-refractivity contribution in [2.24, 2.45) is 0 Å². The lowest BCUT2D eigenvalue weighted by Gasteiger charge is -2.19. The summed E-state index contributed by atoms with van der Waals surface area (Å²) >= 11 is 0. The van der Waals surface area contributed by atoms with Crippen molar-refractivity contribution in [3.63, 3.8) is 0 Å². The number of nitrogens with two attached hydrogens (primary N) is 1. The fourth-order valence-corrected chi connectivity index (χ4v) is 1.27. The number of aromatic nitrogens is 1. The molecular formula is C13H24N2O2. The van der Waals surface area contributed by atoms with Crippen molar-refractivity contribution < 1.29 is 9.47 Å². The van der Waals surface area contributed by atoms with Crippen LogP contribution in [0.5, 0.6) is 0 Å². The van der Waals surface area contributed by atoms with Crippen molar-refractivity contribution in [1.29, 1.82) is 0 Å². The first-order valence-electron chi connectivity index (χ1n) is 6.09. The molecular weight excluding hydrogens is 216 g/mol. The van der Waals surface area contributed by atoms with E-state index in [9.17, 15) is 0 Å². The van der Waals surface area contributed by atoms with Crippen LogP contribution in [0.3, 0.4) is 0 Å². The van der Waals surface area contributed by atoms with E-state index in [0.29, 0.717) is 11.8 Å². The Kier molecular flexibility index (Phi) is 10.6. The number of nitrogens with zero attached hydrogens (tertiary/aromatic N) is 1. The second kappa shape index (κ2) is 11.4. The van der Waals surface area contributed by atoms with Gasteiger partial charge in [0.15, 0.2) is 0 Å². The summed E-state index contributed by atoms with van der Waals surface area (Å²) in [6.07, 6.45) is 5.98. The fraction of sp³-hybridized carbons (Fsp3) is 0.615. The van der Waals surface area contributed by atoms with E-state index < -0.39 is 0 Å². The van der Waals surface area contributed by atoms with E-state index in [-0.39, 0.29) is 0 Å². The first-order chi connectivity index (χ1) is 8.33. The second-order valence-electron chi connectivity index (χ2n) is 3.36. The molecule has 4 heteroatoms. The van der Waals surface area contributed by atoms with Crippen molar-refractivity contribution in [1.82, 2.24) is 4.98 Å². The maximum absolute atomic E-state index is 5.30. The van der Waals surface area contributed by atoms with Crippen molar-refractivity contribution in [3.8, 4) is 0 Å². The number of hydrogen-bond acceptors (Lipinski definition) is 4. The van der Waals surface area contributed by atoms with Crippen LogP contribution in [0.4, 0.5) is 5.69 Å². The van der Waals surface area contributed by atoms with E-state index in [1.165, 1.54) is 0 Å². The van der Waals surface area contributed by atoms with E-state index in [1.807, 2.05) is 13.8 Å². The highest BCUT2D eigenvalue weighted by atomic mass is 16.5. The third-order valence-electron chi connectivity index (χ3n) is 2.14. The van der Waals surface area contributed by atoms with Gasteiger partial charge in [0.2, 0.25) is 0 Å². The maximum atomic E-state index is 5.30. The number of rotatable bonds is 1. The van der Waals surface area contributed by atoms with E-state index >= 15 is 0 Å². The molecule has 0 spiro atoms. The van der Waals surface area contributed by atoms with Gasteiger partial charge >= 0.3 is 0 Å². The van der Waals surface area contributed by atoms with E-state index in [1.54, 1.807) is 31.6 Å². The normalized spacial score (nSPS) is 18.2. The minimum Gasteiger partial charge on any atom is -0.397 e. The standard InChI is InChI=1S/C6H12O2.C5H6N2.C2H6/c1-7-6-3-2-4-8-5-6;6-5-2-1-3-7-4-5;1-2/h6H,2-5H2,1H3;1-4H,6H2;1-2H3. The number of nitrogen functional groups attached to an aromatic ring is 1. The van der Waals surface area contributed by atoms with Crippen LogP contribution in [0.15, 0.2) is 24.5 Å². The predicted molar refractivity (Wildman–Crippen MR) is 70.8 cm³/mol. The van der Waals surface area contributed by atoms with E-state index in [2.05, 4.69) is 4.98 Å². The summed E-state index contributed by atoms with van der Waals surface area (Å²) in [5.41, 5.74) is 6.01. The van der Waals surface area contributed by atoms with Crippen LogP contribution in [0, 0.1) is 0 Å². The highest BCUT2D eigenvalue weighted by Gasteiger charge is 2.11. The monoisotopic (exact) mass is 240 g/mol. The maximum Gasteiger partial charge on any atom is 0.0805 e. The van der Waals surface area contributed by atoms with Gasteiger partial charge in [0.05, 0.1) is 18.4 Å². The van der Waals surface area contributed by atoms with Crippen LogP contribution >= 0.6 is 0 Å². The Hall–Kier alpha value is -1.13. The third kappa shape index (κ3) is 8.65. The molecule has 2 N–H and O–H groups in total. The SMILES string of the molecule is CC.COC1CCCOC1.Nc1cccnc1. The molecule has 0 saturated carbocycles. The zero-order valence-electron chi connectivity index (χ0n) is 11.1. The van der Waals surface area contributed by atoms with Gasteiger partial charge in [-0.15, -0.1) is 0 Å². The van der Waals surface area contributed by atoms with Gasteiger partial charge in [0.1, 0.15) is 0 Å². The smallest absolute Gasteiger partial charge is 0.0805 e. The molecule has 1 aromatic heterocycles. The van der Waals surface area contributed by atoms with Crippen molar-refractivity contribution in [3.05, 3.63) is 24.5 Å². The summed E-state index contributed by atoms with van der Waals surface area (Å²) in [5, 5.41) is 0. The van der Waals surface area contributed by atoms with Crippen molar-refractivity contribution >= 4 is 5.69 Å². The molecule has 1 atom stereocenters.